The van der Waals surface area contributed by atoms with Crippen LogP contribution in [0.2, 0.25) is 0 Å². The number of likely N-dealkylation sites (tertiary alicyclic amines) is 1. The van der Waals surface area contributed by atoms with E-state index in [0.29, 0.717) is 24.2 Å². The Morgan fingerprint density at radius 1 is 0.794 bits per heavy atom. The lowest BCUT2D eigenvalue weighted by Gasteiger charge is -2.16. The van der Waals surface area contributed by atoms with Gasteiger partial charge in [-0.25, -0.2) is 9.48 Å². The van der Waals surface area contributed by atoms with Crippen molar-refractivity contribution in [3.63, 3.8) is 0 Å². The number of aromatic nitrogens is 2. The van der Waals surface area contributed by atoms with Crippen molar-refractivity contribution < 1.29 is 4.79 Å². The standard InChI is InChI=1S/C27H29N5O2/c33-26-24-13-4-3-12-23(24)25(30-32(26)17-16-31-14-5-6-15-31)19-29-27(34)28-18-21-10-7-9-20-8-1-2-11-22(20)21/h1-4,7-13H,5-6,14-19H2,(H2,28,29,34). The fourth-order valence-corrected chi connectivity index (χ4v) is 4.68. The smallest absolute Gasteiger partial charge is 0.315 e. The summed E-state index contributed by atoms with van der Waals surface area (Å²) >= 11 is 0. The maximum absolute atomic E-state index is 13.0. The van der Waals surface area contributed by atoms with E-state index < -0.39 is 0 Å². The second-order valence-electron chi connectivity index (χ2n) is 8.74. The maximum atomic E-state index is 13.0. The van der Waals surface area contributed by atoms with Crippen LogP contribution in [0.4, 0.5) is 4.79 Å². The van der Waals surface area contributed by atoms with E-state index in [-0.39, 0.29) is 18.1 Å². The molecule has 2 N–H and O–H groups in total. The third-order valence-corrected chi connectivity index (χ3v) is 6.51. The number of amides is 2. The van der Waals surface area contributed by atoms with Crippen LogP contribution in [0.25, 0.3) is 21.5 Å². The molecule has 0 saturated carbocycles. The van der Waals surface area contributed by atoms with Crippen molar-refractivity contribution in [3.05, 3.63) is 88.3 Å². The zero-order valence-corrected chi connectivity index (χ0v) is 19.2. The summed E-state index contributed by atoms with van der Waals surface area (Å²) < 4.78 is 1.55. The van der Waals surface area contributed by atoms with Crippen molar-refractivity contribution >= 4 is 27.6 Å². The van der Waals surface area contributed by atoms with Crippen LogP contribution in [-0.4, -0.2) is 40.3 Å². The topological polar surface area (TPSA) is 79.3 Å². The average Bonchev–Trinajstić information content (AvgIpc) is 3.40. The fourth-order valence-electron chi connectivity index (χ4n) is 4.68. The highest BCUT2D eigenvalue weighted by Gasteiger charge is 2.15. The van der Waals surface area contributed by atoms with Gasteiger partial charge in [0.05, 0.1) is 24.2 Å². The molecule has 1 aliphatic rings. The van der Waals surface area contributed by atoms with E-state index in [0.717, 1.165) is 41.4 Å². The van der Waals surface area contributed by atoms with E-state index in [4.69, 9.17) is 0 Å². The molecule has 0 bridgehead atoms. The molecule has 174 valence electrons. The second kappa shape index (κ2) is 10.1. The van der Waals surface area contributed by atoms with Crippen molar-refractivity contribution in [3.8, 4) is 0 Å². The van der Waals surface area contributed by atoms with E-state index in [9.17, 15) is 9.59 Å². The first kappa shape index (κ1) is 22.1. The van der Waals surface area contributed by atoms with Crippen LogP contribution < -0.4 is 16.2 Å². The van der Waals surface area contributed by atoms with E-state index in [1.807, 2.05) is 48.5 Å². The highest BCUT2D eigenvalue weighted by Crippen LogP contribution is 2.18. The molecule has 3 aromatic carbocycles. The maximum Gasteiger partial charge on any atom is 0.315 e. The SMILES string of the molecule is O=C(NCc1cccc2ccccc12)NCc1nn(CCN2CCCC2)c(=O)c2ccccc12. The van der Waals surface area contributed by atoms with Crippen molar-refractivity contribution in [1.29, 1.82) is 0 Å². The van der Waals surface area contributed by atoms with Crippen molar-refractivity contribution in [2.75, 3.05) is 19.6 Å². The number of nitrogens with one attached hydrogen (secondary N) is 2. The Hall–Kier alpha value is -3.71. The zero-order chi connectivity index (χ0) is 23.3. The number of rotatable bonds is 7. The number of carbonyl (C=O) groups excluding carboxylic acids is 1. The number of nitrogens with zero attached hydrogens (tertiary/aromatic N) is 3. The minimum absolute atomic E-state index is 0.0843. The van der Waals surface area contributed by atoms with E-state index in [1.54, 1.807) is 4.68 Å². The lowest BCUT2D eigenvalue weighted by Crippen LogP contribution is -2.36. The molecule has 0 aliphatic carbocycles. The molecule has 4 aromatic rings. The van der Waals surface area contributed by atoms with Gasteiger partial charge in [-0.2, -0.15) is 5.10 Å². The summed E-state index contributed by atoms with van der Waals surface area (Å²) in [6, 6.07) is 21.4. The van der Waals surface area contributed by atoms with Gasteiger partial charge in [0.2, 0.25) is 0 Å². The van der Waals surface area contributed by atoms with E-state index >= 15 is 0 Å². The predicted octanol–water partition coefficient (Wildman–Crippen LogP) is 3.64. The van der Waals surface area contributed by atoms with Crippen LogP contribution >= 0.6 is 0 Å². The van der Waals surface area contributed by atoms with Crippen molar-refractivity contribution in [2.24, 2.45) is 0 Å². The Bertz CT molecular complexity index is 1370. The molecule has 1 aromatic heterocycles. The van der Waals surface area contributed by atoms with E-state index in [2.05, 4.69) is 38.8 Å². The Kier molecular flexibility index (Phi) is 6.53. The van der Waals surface area contributed by atoms with Gasteiger partial charge < -0.3 is 15.5 Å². The van der Waals surface area contributed by atoms with Crippen LogP contribution in [0.1, 0.15) is 24.1 Å². The van der Waals surface area contributed by atoms with Crippen LogP contribution in [-0.2, 0) is 19.6 Å². The Balaban J connectivity index is 1.28. The summed E-state index contributed by atoms with van der Waals surface area (Å²) in [5, 5.41) is 14.2. The van der Waals surface area contributed by atoms with Gasteiger partial charge in [-0.15, -0.1) is 0 Å². The molecule has 7 nitrogen and oxygen atoms in total. The molecule has 7 heteroatoms. The number of fused-ring (bicyclic) bond motifs is 2. The quantitative estimate of drug-likeness (QED) is 0.446. The molecular formula is C27H29N5O2. The first-order valence-corrected chi connectivity index (χ1v) is 11.9. The van der Waals surface area contributed by atoms with Gasteiger partial charge >= 0.3 is 6.03 Å². The normalized spacial score (nSPS) is 14.0. The molecule has 34 heavy (non-hydrogen) atoms. The van der Waals surface area contributed by atoms with Gasteiger partial charge in [0.1, 0.15) is 0 Å². The molecule has 0 radical (unpaired) electrons. The van der Waals surface area contributed by atoms with Gasteiger partial charge in [-0.05, 0) is 48.3 Å². The van der Waals surface area contributed by atoms with Crippen LogP contribution in [0.5, 0.6) is 0 Å². The third kappa shape index (κ3) is 4.79. The molecular weight excluding hydrogens is 426 g/mol. The van der Waals surface area contributed by atoms with Gasteiger partial charge in [0.25, 0.3) is 5.56 Å². The Morgan fingerprint density at radius 3 is 2.29 bits per heavy atom. The summed E-state index contributed by atoms with van der Waals surface area (Å²) in [6.45, 7) is 4.18. The molecule has 1 saturated heterocycles. The molecule has 5 rings (SSSR count). The largest absolute Gasteiger partial charge is 0.334 e. The van der Waals surface area contributed by atoms with Gasteiger partial charge in [-0.3, -0.25) is 4.79 Å². The van der Waals surface area contributed by atoms with Crippen molar-refractivity contribution in [2.45, 2.75) is 32.5 Å². The summed E-state index contributed by atoms with van der Waals surface area (Å²) in [6.07, 6.45) is 2.42. The van der Waals surface area contributed by atoms with E-state index in [1.165, 1.54) is 12.8 Å². The van der Waals surface area contributed by atoms with Crippen LogP contribution in [0, 0.1) is 0 Å². The molecule has 0 spiro atoms. The predicted molar refractivity (Wildman–Crippen MR) is 135 cm³/mol. The number of urea groups is 1. The summed E-state index contributed by atoms with van der Waals surface area (Å²) in [7, 11) is 0. The zero-order valence-electron chi connectivity index (χ0n) is 19.2. The Labute approximate surface area is 198 Å². The van der Waals surface area contributed by atoms with Crippen molar-refractivity contribution in [1.82, 2.24) is 25.3 Å². The summed E-state index contributed by atoms with van der Waals surface area (Å²) in [5.74, 6) is 0. The van der Waals surface area contributed by atoms with Gasteiger partial charge in [-0.1, -0.05) is 60.7 Å². The third-order valence-electron chi connectivity index (χ3n) is 6.51. The summed E-state index contributed by atoms with van der Waals surface area (Å²) in [5.41, 5.74) is 1.67. The number of benzene rings is 3. The first-order valence-electron chi connectivity index (χ1n) is 11.9. The molecule has 2 amide bonds. The lowest BCUT2D eigenvalue weighted by atomic mass is 10.0. The monoisotopic (exact) mass is 455 g/mol. The number of hydrogen-bond acceptors (Lipinski definition) is 4. The van der Waals surface area contributed by atoms with Gasteiger partial charge in [0, 0.05) is 18.5 Å². The second-order valence-corrected chi connectivity index (χ2v) is 8.74. The first-order chi connectivity index (χ1) is 16.7. The molecule has 0 atom stereocenters. The highest BCUT2D eigenvalue weighted by atomic mass is 16.2. The molecule has 2 heterocycles. The Morgan fingerprint density at radius 2 is 1.47 bits per heavy atom. The van der Waals surface area contributed by atoms with Crippen LogP contribution in [0.15, 0.2) is 71.5 Å². The molecule has 1 fully saturated rings. The lowest BCUT2D eigenvalue weighted by molar-refractivity contribution is 0.240. The summed E-state index contributed by atoms with van der Waals surface area (Å²) in [4.78, 5) is 27.9. The fraction of sp³-hybridized carbons (Fsp3) is 0.296. The van der Waals surface area contributed by atoms with Crippen LogP contribution in [0.3, 0.4) is 0 Å². The number of hydrogen-bond donors (Lipinski definition) is 2. The minimum Gasteiger partial charge on any atom is -0.334 e. The highest BCUT2D eigenvalue weighted by molar-refractivity contribution is 5.86. The number of carbonyl (C=O) groups is 1. The van der Waals surface area contributed by atoms with Gasteiger partial charge in [0.15, 0.2) is 0 Å². The molecule has 0 unspecified atom stereocenters. The minimum atomic E-state index is -0.270. The average molecular weight is 456 g/mol. The molecule has 1 aliphatic heterocycles.